The average molecular weight is 350 g/mol. The fourth-order valence-electron chi connectivity index (χ4n) is 3.58. The van der Waals surface area contributed by atoms with E-state index in [1.165, 1.54) is 22.2 Å². The maximum atomic E-state index is 12.6. The van der Waals surface area contributed by atoms with Crippen molar-refractivity contribution in [3.05, 3.63) is 59.8 Å². The van der Waals surface area contributed by atoms with Gasteiger partial charge in [-0.1, -0.05) is 30.3 Å². The van der Waals surface area contributed by atoms with E-state index in [1.807, 2.05) is 35.2 Å². The van der Waals surface area contributed by atoms with E-state index < -0.39 is 0 Å². The number of para-hydroxylation sites is 3. The lowest BCUT2D eigenvalue weighted by Gasteiger charge is -2.20. The van der Waals surface area contributed by atoms with Crippen LogP contribution in [0.4, 0.5) is 0 Å². The van der Waals surface area contributed by atoms with Gasteiger partial charge in [0.15, 0.2) is 18.1 Å². The van der Waals surface area contributed by atoms with Crippen molar-refractivity contribution in [3.8, 4) is 11.5 Å². The Bertz CT molecular complexity index is 932. The number of carbonyl (C=O) groups excluding carboxylic acids is 1. The van der Waals surface area contributed by atoms with E-state index in [-0.39, 0.29) is 12.5 Å². The number of hydrogen-bond acceptors (Lipinski definition) is 3. The first kappa shape index (κ1) is 16.5. The molecular formula is C21H22N2O3. The number of H-pyrrole nitrogens is 1. The molecular weight excluding hydrogens is 328 g/mol. The van der Waals surface area contributed by atoms with Crippen LogP contribution in [-0.4, -0.2) is 42.6 Å². The Morgan fingerprint density at radius 2 is 1.77 bits per heavy atom. The Hall–Kier alpha value is -2.95. The molecule has 26 heavy (non-hydrogen) atoms. The second kappa shape index (κ2) is 7.12. The van der Waals surface area contributed by atoms with Crippen molar-refractivity contribution in [1.29, 1.82) is 0 Å². The molecule has 1 amide bonds. The number of nitrogens with one attached hydrogen (secondary N) is 1. The highest BCUT2D eigenvalue weighted by Crippen LogP contribution is 2.27. The van der Waals surface area contributed by atoms with Crippen molar-refractivity contribution in [2.24, 2.45) is 0 Å². The molecule has 5 heteroatoms. The van der Waals surface area contributed by atoms with Gasteiger partial charge in [-0.3, -0.25) is 4.79 Å². The fraction of sp³-hybridized carbons (Fsp3) is 0.286. The van der Waals surface area contributed by atoms with Gasteiger partial charge in [-0.25, -0.2) is 0 Å². The molecule has 0 spiro atoms. The Labute approximate surface area is 152 Å². The van der Waals surface area contributed by atoms with Gasteiger partial charge in [0.05, 0.1) is 7.11 Å². The van der Waals surface area contributed by atoms with Gasteiger partial charge in [0, 0.05) is 36.1 Å². The number of fused-ring (bicyclic) bond motifs is 3. The van der Waals surface area contributed by atoms with Gasteiger partial charge in [-0.2, -0.15) is 0 Å². The molecule has 4 rings (SSSR count). The topological polar surface area (TPSA) is 54.6 Å². The molecule has 2 aromatic carbocycles. The average Bonchev–Trinajstić information content (AvgIpc) is 2.90. The third-order valence-electron chi connectivity index (χ3n) is 4.94. The number of nitrogens with zero attached hydrogens (tertiary/aromatic N) is 1. The first-order valence-corrected chi connectivity index (χ1v) is 8.88. The highest BCUT2D eigenvalue weighted by molar-refractivity contribution is 5.85. The molecule has 0 saturated heterocycles. The van der Waals surface area contributed by atoms with Crippen molar-refractivity contribution in [2.75, 3.05) is 26.8 Å². The molecule has 5 nitrogen and oxygen atoms in total. The Morgan fingerprint density at radius 3 is 2.62 bits per heavy atom. The summed E-state index contributed by atoms with van der Waals surface area (Å²) in [4.78, 5) is 18.0. The number of carbonyl (C=O) groups is 1. The van der Waals surface area contributed by atoms with Crippen LogP contribution in [0, 0.1) is 0 Å². The highest BCUT2D eigenvalue weighted by atomic mass is 16.5. The largest absolute Gasteiger partial charge is 0.493 e. The van der Waals surface area contributed by atoms with Crippen LogP contribution in [0.2, 0.25) is 0 Å². The number of benzene rings is 2. The summed E-state index contributed by atoms with van der Waals surface area (Å²) in [6, 6.07) is 15.7. The minimum Gasteiger partial charge on any atom is -0.493 e. The number of methoxy groups -OCH3 is 1. The molecule has 1 aromatic heterocycles. The van der Waals surface area contributed by atoms with Crippen molar-refractivity contribution in [1.82, 2.24) is 9.88 Å². The maximum Gasteiger partial charge on any atom is 0.260 e. The fourth-order valence-corrected chi connectivity index (χ4v) is 3.58. The number of hydrogen-bond donors (Lipinski definition) is 1. The monoisotopic (exact) mass is 350 g/mol. The summed E-state index contributed by atoms with van der Waals surface area (Å²) in [5.74, 6) is 1.23. The quantitative estimate of drug-likeness (QED) is 0.786. The molecule has 0 fully saturated rings. The first-order chi connectivity index (χ1) is 12.8. The standard InChI is InChI=1S/C21H22N2O3/c1-25-19-8-4-5-9-20(19)26-14-21(24)23-12-10-16-15-6-2-3-7-17(15)22-18(16)11-13-23/h2-9,22H,10-14H2,1H3. The summed E-state index contributed by atoms with van der Waals surface area (Å²) in [6.45, 7) is 1.44. The van der Waals surface area contributed by atoms with Gasteiger partial charge in [0.25, 0.3) is 5.91 Å². The van der Waals surface area contributed by atoms with Gasteiger partial charge in [-0.05, 0) is 30.2 Å². The van der Waals surface area contributed by atoms with Gasteiger partial charge >= 0.3 is 0 Å². The van der Waals surface area contributed by atoms with Crippen LogP contribution in [0.15, 0.2) is 48.5 Å². The second-order valence-electron chi connectivity index (χ2n) is 6.45. The zero-order valence-electron chi connectivity index (χ0n) is 14.8. The molecule has 1 aliphatic heterocycles. The molecule has 1 N–H and O–H groups in total. The van der Waals surface area contributed by atoms with Crippen LogP contribution in [-0.2, 0) is 17.6 Å². The summed E-state index contributed by atoms with van der Waals surface area (Å²) in [5.41, 5.74) is 3.76. The summed E-state index contributed by atoms with van der Waals surface area (Å²) >= 11 is 0. The number of aromatic nitrogens is 1. The predicted molar refractivity (Wildman–Crippen MR) is 101 cm³/mol. The van der Waals surface area contributed by atoms with Crippen LogP contribution in [0.3, 0.4) is 0 Å². The molecule has 0 unspecified atom stereocenters. The normalized spacial score (nSPS) is 14.0. The molecule has 3 aromatic rings. The SMILES string of the molecule is COc1ccccc1OCC(=O)N1CCc2[nH]c3ccccc3c2CC1. The summed E-state index contributed by atoms with van der Waals surface area (Å²) in [5, 5.41) is 1.27. The molecule has 1 aliphatic rings. The Balaban J connectivity index is 1.42. The van der Waals surface area contributed by atoms with E-state index in [4.69, 9.17) is 9.47 Å². The van der Waals surface area contributed by atoms with Gasteiger partial charge in [0.1, 0.15) is 0 Å². The van der Waals surface area contributed by atoms with Gasteiger partial charge in [0.2, 0.25) is 0 Å². The highest BCUT2D eigenvalue weighted by Gasteiger charge is 2.21. The lowest BCUT2D eigenvalue weighted by atomic mass is 10.1. The first-order valence-electron chi connectivity index (χ1n) is 8.88. The summed E-state index contributed by atoms with van der Waals surface area (Å²) < 4.78 is 11.0. The van der Waals surface area contributed by atoms with Crippen molar-refractivity contribution >= 4 is 16.8 Å². The third-order valence-corrected chi connectivity index (χ3v) is 4.94. The number of rotatable bonds is 4. The minimum absolute atomic E-state index is 0.00497. The second-order valence-corrected chi connectivity index (χ2v) is 6.45. The van der Waals surface area contributed by atoms with Crippen molar-refractivity contribution in [2.45, 2.75) is 12.8 Å². The third kappa shape index (κ3) is 3.12. The van der Waals surface area contributed by atoms with Gasteiger partial charge in [-0.15, -0.1) is 0 Å². The van der Waals surface area contributed by atoms with E-state index in [9.17, 15) is 4.79 Å². The molecule has 0 radical (unpaired) electrons. The zero-order chi connectivity index (χ0) is 17.9. The summed E-state index contributed by atoms with van der Waals surface area (Å²) in [6.07, 6.45) is 1.70. The molecule has 0 saturated carbocycles. The number of aromatic amines is 1. The molecule has 0 bridgehead atoms. The minimum atomic E-state index is 0.00497. The van der Waals surface area contributed by atoms with Crippen LogP contribution < -0.4 is 9.47 Å². The van der Waals surface area contributed by atoms with Crippen LogP contribution in [0.1, 0.15) is 11.3 Å². The molecule has 0 atom stereocenters. The van der Waals surface area contributed by atoms with Crippen LogP contribution in [0.25, 0.3) is 10.9 Å². The Kier molecular flexibility index (Phi) is 4.52. The van der Waals surface area contributed by atoms with Gasteiger partial charge < -0.3 is 19.4 Å². The van der Waals surface area contributed by atoms with E-state index in [0.717, 1.165) is 12.8 Å². The van der Waals surface area contributed by atoms with E-state index in [2.05, 4.69) is 23.2 Å². The van der Waals surface area contributed by atoms with E-state index >= 15 is 0 Å². The molecule has 2 heterocycles. The van der Waals surface area contributed by atoms with Crippen molar-refractivity contribution < 1.29 is 14.3 Å². The summed E-state index contributed by atoms with van der Waals surface area (Å²) in [7, 11) is 1.59. The van der Waals surface area contributed by atoms with Crippen molar-refractivity contribution in [3.63, 3.8) is 0 Å². The molecule has 0 aliphatic carbocycles. The maximum absolute atomic E-state index is 12.6. The number of amides is 1. The lowest BCUT2D eigenvalue weighted by molar-refractivity contribution is -0.133. The Morgan fingerprint density at radius 1 is 1.04 bits per heavy atom. The molecule has 134 valence electrons. The lowest BCUT2D eigenvalue weighted by Crippen LogP contribution is -2.36. The van der Waals surface area contributed by atoms with E-state index in [0.29, 0.717) is 24.6 Å². The number of ether oxygens (including phenoxy) is 2. The zero-order valence-corrected chi connectivity index (χ0v) is 14.8. The van der Waals surface area contributed by atoms with Crippen LogP contribution >= 0.6 is 0 Å². The van der Waals surface area contributed by atoms with Crippen LogP contribution in [0.5, 0.6) is 11.5 Å². The smallest absolute Gasteiger partial charge is 0.260 e. The predicted octanol–water partition coefficient (Wildman–Crippen LogP) is 3.18. The van der Waals surface area contributed by atoms with E-state index in [1.54, 1.807) is 7.11 Å².